The molecule has 40 heavy (non-hydrogen) atoms. The molecule has 0 aliphatic carbocycles. The second-order valence-electron chi connectivity index (χ2n) is 8.81. The number of nitrogens with one attached hydrogen (secondary N) is 4. The van der Waals surface area contributed by atoms with Crippen LogP contribution in [0.25, 0.3) is 0 Å². The zero-order valence-corrected chi connectivity index (χ0v) is 21.1. The van der Waals surface area contributed by atoms with Gasteiger partial charge in [-0.15, -0.1) is 0 Å². The second-order valence-corrected chi connectivity index (χ2v) is 8.81. The molecule has 1 aromatic carbocycles. The van der Waals surface area contributed by atoms with Gasteiger partial charge in [-0.3, -0.25) is 24.0 Å². The highest BCUT2D eigenvalue weighted by molar-refractivity contribution is 5.95. The molecule has 0 radical (unpaired) electrons. The van der Waals surface area contributed by atoms with Crippen LogP contribution in [0.3, 0.4) is 0 Å². The molecular weight excluding hydrogens is 532 g/mol. The van der Waals surface area contributed by atoms with Crippen LogP contribution in [0.1, 0.15) is 30.5 Å². The molecule has 4 unspecified atom stereocenters. The van der Waals surface area contributed by atoms with Gasteiger partial charge >= 0.3 is 17.9 Å². The van der Waals surface area contributed by atoms with Gasteiger partial charge in [0.2, 0.25) is 17.7 Å². The van der Waals surface area contributed by atoms with Crippen LogP contribution in [0.5, 0.6) is 5.75 Å². The quantitative estimate of drug-likeness (QED) is 0.109. The molecule has 2 rings (SSSR count). The molecule has 0 bridgehead atoms. The number of aliphatic carboxylic acids is 3. The number of amides is 3. The van der Waals surface area contributed by atoms with Crippen LogP contribution in [0.15, 0.2) is 36.8 Å². The molecule has 2 aromatic rings. The number of carboxylic acid groups (broad SMARTS) is 3. The fourth-order valence-electron chi connectivity index (χ4n) is 3.53. The topological polar surface area (TPSA) is 274 Å². The van der Waals surface area contributed by atoms with Gasteiger partial charge in [0.15, 0.2) is 0 Å². The monoisotopic (exact) mass is 562 g/mol. The van der Waals surface area contributed by atoms with Crippen molar-refractivity contribution >= 4 is 35.6 Å². The highest BCUT2D eigenvalue weighted by Gasteiger charge is 2.31. The third-order valence-corrected chi connectivity index (χ3v) is 5.61. The Kier molecular flexibility index (Phi) is 11.6. The molecule has 4 atom stereocenters. The van der Waals surface area contributed by atoms with E-state index in [1.54, 1.807) is 0 Å². The number of hydrogen-bond acceptors (Lipinski definition) is 9. The summed E-state index contributed by atoms with van der Waals surface area (Å²) < 4.78 is 0. The number of aromatic amines is 1. The van der Waals surface area contributed by atoms with E-state index in [1.165, 1.54) is 36.8 Å². The van der Waals surface area contributed by atoms with E-state index in [1.807, 2.05) is 0 Å². The molecule has 1 aromatic heterocycles. The summed E-state index contributed by atoms with van der Waals surface area (Å²) in [6.07, 6.45) is 0.648. The molecule has 216 valence electrons. The van der Waals surface area contributed by atoms with Crippen molar-refractivity contribution in [3.63, 3.8) is 0 Å². The fraction of sp³-hybridized carbons (Fsp3) is 0.375. The van der Waals surface area contributed by atoms with E-state index in [-0.39, 0.29) is 18.6 Å². The number of imidazole rings is 1. The van der Waals surface area contributed by atoms with Crippen molar-refractivity contribution in [2.45, 2.75) is 56.3 Å². The average Bonchev–Trinajstić information content (AvgIpc) is 3.39. The predicted molar refractivity (Wildman–Crippen MR) is 135 cm³/mol. The number of nitrogens with two attached hydrogens (primary N) is 1. The van der Waals surface area contributed by atoms with Gasteiger partial charge in [0, 0.05) is 31.2 Å². The Morgan fingerprint density at radius 1 is 0.825 bits per heavy atom. The molecule has 16 heteroatoms. The third-order valence-electron chi connectivity index (χ3n) is 5.61. The Hall–Kier alpha value is -4.99. The summed E-state index contributed by atoms with van der Waals surface area (Å²) in [7, 11) is 0. The molecule has 0 aliphatic rings. The van der Waals surface area contributed by atoms with Crippen molar-refractivity contribution in [1.29, 1.82) is 0 Å². The number of aromatic nitrogens is 2. The first-order chi connectivity index (χ1) is 18.8. The molecule has 3 amide bonds. The number of H-pyrrole nitrogens is 1. The normalized spacial score (nSPS) is 13.7. The van der Waals surface area contributed by atoms with E-state index < -0.39 is 79.1 Å². The number of aromatic hydroxyl groups is 1. The lowest BCUT2D eigenvalue weighted by Crippen LogP contribution is -2.58. The van der Waals surface area contributed by atoms with Crippen molar-refractivity contribution in [2.75, 3.05) is 0 Å². The average molecular weight is 563 g/mol. The predicted octanol–water partition coefficient (Wildman–Crippen LogP) is -1.89. The van der Waals surface area contributed by atoms with Crippen LogP contribution in [0, 0.1) is 0 Å². The number of hydrogen-bond donors (Lipinski definition) is 9. The van der Waals surface area contributed by atoms with Gasteiger partial charge in [-0.25, -0.2) is 9.78 Å². The molecule has 0 spiro atoms. The van der Waals surface area contributed by atoms with E-state index in [0.29, 0.717) is 11.3 Å². The van der Waals surface area contributed by atoms with Gasteiger partial charge in [-0.2, -0.15) is 0 Å². The zero-order valence-electron chi connectivity index (χ0n) is 21.1. The summed E-state index contributed by atoms with van der Waals surface area (Å²) in [4.78, 5) is 79.0. The van der Waals surface area contributed by atoms with Crippen LogP contribution in [0.2, 0.25) is 0 Å². The van der Waals surface area contributed by atoms with Crippen molar-refractivity contribution in [2.24, 2.45) is 5.73 Å². The number of nitrogens with zero attached hydrogens (tertiary/aromatic N) is 1. The van der Waals surface area contributed by atoms with Crippen LogP contribution in [0.4, 0.5) is 0 Å². The summed E-state index contributed by atoms with van der Waals surface area (Å²) in [5.41, 5.74) is 6.42. The lowest BCUT2D eigenvalue weighted by molar-refractivity contribution is -0.142. The Labute approximate surface area is 227 Å². The van der Waals surface area contributed by atoms with Crippen molar-refractivity contribution in [1.82, 2.24) is 25.9 Å². The summed E-state index contributed by atoms with van der Waals surface area (Å²) >= 11 is 0. The van der Waals surface area contributed by atoms with Crippen LogP contribution < -0.4 is 21.7 Å². The van der Waals surface area contributed by atoms with Crippen LogP contribution >= 0.6 is 0 Å². The summed E-state index contributed by atoms with van der Waals surface area (Å²) in [5.74, 6) is -7.01. The minimum Gasteiger partial charge on any atom is -0.508 e. The molecule has 10 N–H and O–H groups in total. The number of phenols is 1. The SMILES string of the molecule is NC(CC(=O)O)C(=O)NC(CCC(=O)O)C(=O)NC(Cc1ccc(O)cc1)C(=O)NC(Cc1cnc[nH]1)C(=O)O. The second kappa shape index (κ2) is 14.8. The van der Waals surface area contributed by atoms with Gasteiger partial charge in [0.25, 0.3) is 0 Å². The fourth-order valence-corrected chi connectivity index (χ4v) is 3.53. The number of benzene rings is 1. The Morgan fingerprint density at radius 3 is 1.98 bits per heavy atom. The van der Waals surface area contributed by atoms with E-state index in [9.17, 15) is 39.0 Å². The first-order valence-corrected chi connectivity index (χ1v) is 11.9. The molecule has 1 heterocycles. The molecular formula is C24H30N6O10. The molecule has 0 saturated heterocycles. The van der Waals surface area contributed by atoms with E-state index >= 15 is 0 Å². The van der Waals surface area contributed by atoms with Crippen LogP contribution in [-0.2, 0) is 41.6 Å². The molecule has 16 nitrogen and oxygen atoms in total. The first kappa shape index (κ1) is 31.2. The zero-order chi connectivity index (χ0) is 29.8. The van der Waals surface area contributed by atoms with Gasteiger partial charge in [-0.05, 0) is 24.1 Å². The van der Waals surface area contributed by atoms with Crippen molar-refractivity contribution in [3.05, 3.63) is 48.0 Å². The molecule has 0 fully saturated rings. The van der Waals surface area contributed by atoms with Gasteiger partial charge in [0.1, 0.15) is 23.9 Å². The highest BCUT2D eigenvalue weighted by atomic mass is 16.4. The largest absolute Gasteiger partial charge is 0.508 e. The first-order valence-electron chi connectivity index (χ1n) is 11.9. The maximum absolute atomic E-state index is 13.2. The van der Waals surface area contributed by atoms with Gasteiger partial charge in [-0.1, -0.05) is 12.1 Å². The van der Waals surface area contributed by atoms with E-state index in [4.69, 9.17) is 15.9 Å². The Bertz CT molecular complexity index is 1200. The Balaban J connectivity index is 2.27. The van der Waals surface area contributed by atoms with E-state index in [2.05, 4.69) is 25.9 Å². The standard InChI is InChI=1S/C24H30N6O10/c25-15(9-20(34)35)21(36)28-16(5-6-19(32)33)22(37)29-17(7-12-1-3-14(31)4-2-12)23(38)30-18(24(39)40)8-13-10-26-11-27-13/h1-4,10-11,15-18,31H,5-9,25H2,(H,26,27)(H,28,36)(H,29,37)(H,30,38)(H,32,33)(H,34,35)(H,39,40). The van der Waals surface area contributed by atoms with Gasteiger partial charge < -0.3 is 47.1 Å². The Morgan fingerprint density at radius 2 is 1.43 bits per heavy atom. The number of carbonyl (C=O) groups excluding carboxylic acids is 3. The third kappa shape index (κ3) is 10.4. The number of carboxylic acids is 3. The van der Waals surface area contributed by atoms with Crippen molar-refractivity contribution in [3.8, 4) is 5.75 Å². The number of phenolic OH excluding ortho intramolecular Hbond substituents is 1. The molecule has 0 saturated carbocycles. The lowest BCUT2D eigenvalue weighted by Gasteiger charge is -2.25. The van der Waals surface area contributed by atoms with E-state index in [0.717, 1.165) is 0 Å². The number of carbonyl (C=O) groups is 6. The molecule has 0 aliphatic heterocycles. The summed E-state index contributed by atoms with van der Waals surface area (Å²) in [5, 5.41) is 44.0. The van der Waals surface area contributed by atoms with Crippen molar-refractivity contribution < 1.29 is 49.2 Å². The number of rotatable bonds is 16. The minimum absolute atomic E-state index is 0.0616. The highest BCUT2D eigenvalue weighted by Crippen LogP contribution is 2.12. The summed E-state index contributed by atoms with van der Waals surface area (Å²) in [6.45, 7) is 0. The smallest absolute Gasteiger partial charge is 0.326 e. The lowest BCUT2D eigenvalue weighted by atomic mass is 10.0. The minimum atomic E-state index is -1.53. The van der Waals surface area contributed by atoms with Crippen LogP contribution in [-0.4, -0.2) is 90.2 Å². The summed E-state index contributed by atoms with van der Waals surface area (Å²) in [6, 6.07) is -0.257. The van der Waals surface area contributed by atoms with Gasteiger partial charge in [0.05, 0.1) is 18.8 Å². The maximum atomic E-state index is 13.2. The maximum Gasteiger partial charge on any atom is 0.326 e.